The second-order valence-electron chi connectivity index (χ2n) is 14.8. The summed E-state index contributed by atoms with van der Waals surface area (Å²) in [5.41, 5.74) is 4.63. The predicted molar refractivity (Wildman–Crippen MR) is 223 cm³/mol. The summed E-state index contributed by atoms with van der Waals surface area (Å²) in [5, 5.41) is 5.35. The number of halogens is 1. The topological polar surface area (TPSA) is 175 Å². The molecule has 2 aliphatic rings. The number of likely N-dealkylation sites (tertiary alicyclic amines) is 2. The summed E-state index contributed by atoms with van der Waals surface area (Å²) in [6.45, 7) is 0.975. The zero-order chi connectivity index (χ0) is 42.5. The van der Waals surface area contributed by atoms with Gasteiger partial charge in [0.25, 0.3) is 11.8 Å². The van der Waals surface area contributed by atoms with Crippen molar-refractivity contribution in [3.63, 3.8) is 0 Å². The first-order chi connectivity index (χ1) is 29.7. The van der Waals surface area contributed by atoms with Gasteiger partial charge >= 0.3 is 12.2 Å². The predicted octanol–water partition coefficient (Wildman–Crippen LogP) is 7.01. The van der Waals surface area contributed by atoms with Crippen molar-refractivity contribution in [2.24, 2.45) is 0 Å². The van der Waals surface area contributed by atoms with Crippen molar-refractivity contribution in [1.82, 2.24) is 40.4 Å². The Hall–Kier alpha value is -7.47. The van der Waals surface area contributed by atoms with E-state index in [9.17, 15) is 19.2 Å². The van der Waals surface area contributed by atoms with Gasteiger partial charge in [-0.05, 0) is 73.2 Å². The number of ether oxygens (including phenoxy) is 2. The molecule has 4 unspecified atom stereocenters. The summed E-state index contributed by atoms with van der Waals surface area (Å²) in [4.78, 5) is 71.6. The Kier molecular flexibility index (Phi) is 11.8. The first-order valence-corrected chi connectivity index (χ1v) is 20.0. The van der Waals surface area contributed by atoms with Gasteiger partial charge in [0.2, 0.25) is 0 Å². The van der Waals surface area contributed by atoms with E-state index in [1.165, 1.54) is 20.3 Å². The molecule has 0 bridgehead atoms. The lowest BCUT2D eigenvalue weighted by Crippen LogP contribution is -2.42. The van der Waals surface area contributed by atoms with Crippen LogP contribution in [-0.2, 0) is 19.1 Å². The Morgan fingerprint density at radius 1 is 0.721 bits per heavy atom. The van der Waals surface area contributed by atoms with Crippen molar-refractivity contribution >= 4 is 35.0 Å². The Labute approximate surface area is 350 Å². The number of H-pyrrole nitrogens is 2. The summed E-state index contributed by atoms with van der Waals surface area (Å²) in [7, 11) is 2.50. The van der Waals surface area contributed by atoms with Crippen LogP contribution in [0.25, 0.3) is 22.3 Å². The number of aromatic amines is 2. The second-order valence-corrected chi connectivity index (χ2v) is 14.8. The van der Waals surface area contributed by atoms with Crippen LogP contribution >= 0.6 is 0 Å². The standard InChI is InChI=1S/C46H43FN8O6/c1-60-45(58)52-39(30-11-5-3-6-12-30)43(56)54-23-9-15-37(54)41-48-27-36(51-41)32-21-19-28(25-33(32)47)17-18-29-20-22-34-35(26-29)50-42(49-34)38-16-10-24-55(38)44(57)40(53-46(59)61-2)31-13-7-4-8-14-31/h3-8,11-14,19-22,25-27,37-40H,9-10,15-16,23-24H2,1-2H3,(H,48,51)(H,49,50)(H,52,58)(H,53,59). The van der Waals surface area contributed by atoms with Crippen LogP contribution < -0.4 is 10.6 Å². The Morgan fingerprint density at radius 2 is 1.26 bits per heavy atom. The number of hydrogen-bond acceptors (Lipinski definition) is 8. The molecule has 0 saturated carbocycles. The van der Waals surface area contributed by atoms with E-state index < -0.39 is 36.1 Å². The van der Waals surface area contributed by atoms with Crippen molar-refractivity contribution in [1.29, 1.82) is 0 Å². The van der Waals surface area contributed by atoms with Crippen LogP contribution in [0, 0.1) is 17.7 Å². The van der Waals surface area contributed by atoms with Gasteiger partial charge in [0.05, 0.1) is 49.2 Å². The van der Waals surface area contributed by atoms with Gasteiger partial charge in [0.1, 0.15) is 29.5 Å². The molecule has 0 aliphatic carbocycles. The number of methoxy groups -OCH3 is 2. The molecule has 8 rings (SSSR count). The minimum atomic E-state index is -0.952. The van der Waals surface area contributed by atoms with Crippen molar-refractivity contribution < 1.29 is 33.0 Å². The minimum absolute atomic E-state index is 0.256. The Balaban J connectivity index is 0.959. The number of benzene rings is 4. The van der Waals surface area contributed by atoms with Crippen molar-refractivity contribution in [3.05, 3.63) is 143 Å². The molecule has 2 aliphatic heterocycles. The van der Waals surface area contributed by atoms with Crippen LogP contribution in [0.2, 0.25) is 0 Å². The molecule has 0 radical (unpaired) electrons. The van der Waals surface area contributed by atoms with Gasteiger partial charge in [0.15, 0.2) is 0 Å². The third-order valence-electron chi connectivity index (χ3n) is 11.1. The van der Waals surface area contributed by atoms with Gasteiger partial charge in [0, 0.05) is 29.8 Å². The molecule has 61 heavy (non-hydrogen) atoms. The fourth-order valence-electron chi connectivity index (χ4n) is 8.04. The SMILES string of the molecule is COC(=O)NC(C(=O)N1CCCC1c1ncc(-c2ccc(C#Cc3ccc4nc(C5CCCN5C(=O)C(NC(=O)OC)c5ccccc5)[nH]c4c3)cc2F)[nH]1)c1ccccc1. The highest BCUT2D eigenvalue weighted by atomic mass is 19.1. The van der Waals surface area contributed by atoms with Crippen LogP contribution in [0.5, 0.6) is 0 Å². The number of rotatable bonds is 9. The molecule has 4 N–H and O–H groups in total. The number of hydrogen-bond donors (Lipinski definition) is 4. The molecule has 0 spiro atoms. The molecule has 14 nitrogen and oxygen atoms in total. The Morgan fingerprint density at radius 3 is 1.82 bits per heavy atom. The van der Waals surface area contributed by atoms with Gasteiger partial charge in [-0.2, -0.15) is 0 Å². The largest absolute Gasteiger partial charge is 0.453 e. The molecule has 310 valence electrons. The first-order valence-electron chi connectivity index (χ1n) is 20.0. The maximum atomic E-state index is 15.7. The molecule has 4 amide bonds. The lowest BCUT2D eigenvalue weighted by atomic mass is 10.1. The summed E-state index contributed by atoms with van der Waals surface area (Å²) in [6, 6.07) is 25.7. The molecular formula is C46H43FN8O6. The van der Waals surface area contributed by atoms with Gasteiger partial charge in [-0.25, -0.2) is 23.9 Å². The minimum Gasteiger partial charge on any atom is -0.453 e. The third kappa shape index (κ3) is 8.65. The van der Waals surface area contributed by atoms with Gasteiger partial charge in [-0.15, -0.1) is 0 Å². The summed E-state index contributed by atoms with van der Waals surface area (Å²) < 4.78 is 25.3. The number of fused-ring (bicyclic) bond motifs is 1. The fourth-order valence-corrected chi connectivity index (χ4v) is 8.04. The maximum absolute atomic E-state index is 15.7. The first kappa shape index (κ1) is 40.3. The fraction of sp³-hybridized carbons (Fsp3) is 0.261. The molecule has 4 aromatic carbocycles. The Bertz CT molecular complexity index is 2640. The number of imidazole rings is 2. The quantitative estimate of drug-likeness (QED) is 0.113. The lowest BCUT2D eigenvalue weighted by molar-refractivity contribution is -0.135. The van der Waals surface area contributed by atoms with Crippen molar-refractivity contribution in [2.45, 2.75) is 49.9 Å². The van der Waals surface area contributed by atoms with Gasteiger partial charge in [-0.3, -0.25) is 9.59 Å². The molecule has 15 heteroatoms. The molecular weight excluding hydrogens is 780 g/mol. The van der Waals surface area contributed by atoms with Crippen LogP contribution in [0.1, 0.15) is 83.8 Å². The zero-order valence-electron chi connectivity index (χ0n) is 33.5. The highest BCUT2D eigenvalue weighted by molar-refractivity contribution is 5.88. The number of alkyl carbamates (subject to hydrolysis) is 2. The molecule has 6 aromatic rings. The molecule has 4 heterocycles. The van der Waals surface area contributed by atoms with Crippen molar-refractivity contribution in [3.8, 4) is 23.1 Å². The van der Waals surface area contributed by atoms with Crippen LogP contribution in [-0.4, -0.2) is 81.0 Å². The highest BCUT2D eigenvalue weighted by Gasteiger charge is 2.38. The average molecular weight is 823 g/mol. The number of aromatic nitrogens is 4. The van der Waals surface area contributed by atoms with Crippen LogP contribution in [0.15, 0.2) is 103 Å². The molecule has 2 aromatic heterocycles. The second kappa shape index (κ2) is 17.8. The van der Waals surface area contributed by atoms with E-state index in [4.69, 9.17) is 14.5 Å². The van der Waals surface area contributed by atoms with Gasteiger partial charge < -0.3 is 39.9 Å². The smallest absolute Gasteiger partial charge is 0.407 e. The summed E-state index contributed by atoms with van der Waals surface area (Å²) in [5.74, 6) is 6.29. The highest BCUT2D eigenvalue weighted by Crippen LogP contribution is 2.36. The normalized spacial score (nSPS) is 17.0. The van der Waals surface area contributed by atoms with Crippen LogP contribution in [0.4, 0.5) is 14.0 Å². The summed E-state index contributed by atoms with van der Waals surface area (Å²) in [6.07, 6.45) is 2.98. The number of nitrogens with one attached hydrogen (secondary N) is 4. The van der Waals surface area contributed by atoms with E-state index in [1.54, 1.807) is 64.5 Å². The zero-order valence-corrected chi connectivity index (χ0v) is 33.5. The molecule has 2 saturated heterocycles. The van der Waals surface area contributed by atoms with Crippen LogP contribution in [0.3, 0.4) is 0 Å². The number of carbonyl (C=O) groups is 4. The van der Waals surface area contributed by atoms with E-state index in [0.717, 1.165) is 18.4 Å². The van der Waals surface area contributed by atoms with Crippen molar-refractivity contribution in [2.75, 3.05) is 27.3 Å². The number of amides is 4. The lowest BCUT2D eigenvalue weighted by Gasteiger charge is -2.28. The van der Waals surface area contributed by atoms with E-state index >= 15 is 4.39 Å². The molecule has 4 atom stereocenters. The number of nitrogens with zero attached hydrogens (tertiary/aromatic N) is 4. The van der Waals surface area contributed by atoms with E-state index in [0.29, 0.717) is 76.6 Å². The van der Waals surface area contributed by atoms with E-state index in [2.05, 4.69) is 37.4 Å². The van der Waals surface area contributed by atoms with Gasteiger partial charge in [-0.1, -0.05) is 72.5 Å². The van der Waals surface area contributed by atoms with E-state index in [-0.39, 0.29) is 17.9 Å². The summed E-state index contributed by atoms with van der Waals surface area (Å²) >= 11 is 0. The maximum Gasteiger partial charge on any atom is 0.407 e. The monoisotopic (exact) mass is 822 g/mol. The van der Waals surface area contributed by atoms with E-state index in [1.807, 2.05) is 42.5 Å². The number of carbonyl (C=O) groups excluding carboxylic acids is 4. The third-order valence-corrected chi connectivity index (χ3v) is 11.1. The average Bonchev–Trinajstić information content (AvgIpc) is 4.13. The molecule has 2 fully saturated rings.